The molecule has 0 N–H and O–H groups in total. The minimum absolute atomic E-state index is 0.0409. The fourth-order valence-corrected chi connectivity index (χ4v) is 1.75. The molecule has 0 atom stereocenters. The molecule has 18 heavy (non-hydrogen) atoms. The molecule has 0 heterocycles. The van der Waals surface area contributed by atoms with Gasteiger partial charge in [-0.15, -0.1) is 0 Å². The first-order chi connectivity index (χ1) is 8.85. The van der Waals surface area contributed by atoms with Gasteiger partial charge in [0.2, 0.25) is 0 Å². The first-order valence-electron chi connectivity index (χ1n) is 5.75. The summed E-state index contributed by atoms with van der Waals surface area (Å²) in [4.78, 5) is 0. The van der Waals surface area contributed by atoms with Gasteiger partial charge in [-0.2, -0.15) is 0 Å². The number of alkyl halides is 2. The van der Waals surface area contributed by atoms with E-state index < -0.39 is 13.3 Å². The Balaban J connectivity index is 2.28. The third-order valence-electron chi connectivity index (χ3n) is 2.49. The molecular formula is C14H14F2O2. The van der Waals surface area contributed by atoms with E-state index in [1.165, 1.54) is 0 Å². The molecule has 0 bridgehead atoms. The molecule has 0 saturated carbocycles. The molecule has 2 rings (SSSR count). The van der Waals surface area contributed by atoms with Crippen molar-refractivity contribution in [2.75, 3.05) is 26.6 Å². The van der Waals surface area contributed by atoms with Crippen LogP contribution in [0.3, 0.4) is 0 Å². The molecule has 0 aliphatic rings. The lowest BCUT2D eigenvalue weighted by Gasteiger charge is -2.09. The lowest BCUT2D eigenvalue weighted by Crippen LogP contribution is -2.00. The molecule has 0 unspecified atom stereocenters. The van der Waals surface area contributed by atoms with Crippen molar-refractivity contribution in [1.29, 1.82) is 0 Å². The first-order valence-corrected chi connectivity index (χ1v) is 5.75. The van der Waals surface area contributed by atoms with Crippen LogP contribution in [0.5, 0.6) is 11.5 Å². The quantitative estimate of drug-likeness (QED) is 0.783. The standard InChI is InChI=1S/C14H14F2O2/c15-6-8-17-12-4-5-13-11(10-12)2-1-3-14(13)18-9-7-16/h1-5,10H,6-9H2. The molecule has 0 aliphatic heterocycles. The average molecular weight is 252 g/mol. The van der Waals surface area contributed by atoms with Crippen LogP contribution in [0, 0.1) is 0 Å². The van der Waals surface area contributed by atoms with E-state index in [9.17, 15) is 8.78 Å². The van der Waals surface area contributed by atoms with Crippen LogP contribution in [0.2, 0.25) is 0 Å². The van der Waals surface area contributed by atoms with E-state index in [1.54, 1.807) is 12.1 Å². The summed E-state index contributed by atoms with van der Waals surface area (Å²) in [5.74, 6) is 1.25. The molecule has 96 valence electrons. The van der Waals surface area contributed by atoms with Crippen LogP contribution in [0.4, 0.5) is 8.78 Å². The second kappa shape index (κ2) is 6.19. The molecule has 4 heteroatoms. The Morgan fingerprint density at radius 2 is 1.67 bits per heavy atom. The highest BCUT2D eigenvalue weighted by Crippen LogP contribution is 2.28. The van der Waals surface area contributed by atoms with Crippen LogP contribution in [0.1, 0.15) is 0 Å². The zero-order valence-corrected chi connectivity index (χ0v) is 9.86. The third kappa shape index (κ3) is 2.88. The number of halogens is 2. The fraction of sp³-hybridized carbons (Fsp3) is 0.286. The Morgan fingerprint density at radius 3 is 2.44 bits per heavy atom. The second-order valence-electron chi connectivity index (χ2n) is 3.71. The lowest BCUT2D eigenvalue weighted by molar-refractivity contribution is 0.273. The number of ether oxygens (including phenoxy) is 2. The highest BCUT2D eigenvalue weighted by Gasteiger charge is 2.03. The van der Waals surface area contributed by atoms with Gasteiger partial charge in [-0.25, -0.2) is 8.78 Å². The van der Waals surface area contributed by atoms with Crippen LogP contribution in [-0.2, 0) is 0 Å². The van der Waals surface area contributed by atoms with E-state index in [0.717, 1.165) is 10.8 Å². The molecule has 2 aromatic rings. The Bertz CT molecular complexity index is 514. The number of hydrogen-bond donors (Lipinski definition) is 0. The van der Waals surface area contributed by atoms with Gasteiger partial charge in [0.1, 0.15) is 38.1 Å². The van der Waals surface area contributed by atoms with E-state index in [-0.39, 0.29) is 13.2 Å². The highest BCUT2D eigenvalue weighted by atomic mass is 19.1. The van der Waals surface area contributed by atoms with Crippen molar-refractivity contribution in [3.8, 4) is 11.5 Å². The number of fused-ring (bicyclic) bond motifs is 1. The molecule has 0 amide bonds. The summed E-state index contributed by atoms with van der Waals surface area (Å²) in [6, 6.07) is 10.9. The molecule has 0 aliphatic carbocycles. The zero-order valence-electron chi connectivity index (χ0n) is 9.86. The Hall–Kier alpha value is -1.84. The van der Waals surface area contributed by atoms with Crippen molar-refractivity contribution in [2.24, 2.45) is 0 Å². The molecule has 0 aromatic heterocycles. The molecule has 2 aromatic carbocycles. The van der Waals surface area contributed by atoms with Crippen molar-refractivity contribution in [2.45, 2.75) is 0 Å². The zero-order chi connectivity index (χ0) is 12.8. The summed E-state index contributed by atoms with van der Waals surface area (Å²) in [5.41, 5.74) is 0. The Labute approximate surface area is 104 Å². The van der Waals surface area contributed by atoms with Crippen molar-refractivity contribution in [3.63, 3.8) is 0 Å². The Morgan fingerprint density at radius 1 is 0.889 bits per heavy atom. The number of rotatable bonds is 6. The monoisotopic (exact) mass is 252 g/mol. The van der Waals surface area contributed by atoms with Crippen molar-refractivity contribution in [3.05, 3.63) is 36.4 Å². The van der Waals surface area contributed by atoms with Crippen LogP contribution < -0.4 is 9.47 Å². The maximum Gasteiger partial charge on any atom is 0.127 e. The van der Waals surface area contributed by atoms with Crippen molar-refractivity contribution >= 4 is 10.8 Å². The van der Waals surface area contributed by atoms with Gasteiger partial charge in [-0.05, 0) is 29.7 Å². The normalized spacial score (nSPS) is 10.6. The van der Waals surface area contributed by atoms with Crippen LogP contribution in [0.25, 0.3) is 10.8 Å². The summed E-state index contributed by atoms with van der Waals surface area (Å²) < 4.78 is 34.6. The predicted octanol–water partition coefficient (Wildman–Crippen LogP) is 3.54. The van der Waals surface area contributed by atoms with E-state index in [2.05, 4.69) is 0 Å². The minimum atomic E-state index is -0.520. The summed E-state index contributed by atoms with van der Waals surface area (Å²) in [5, 5.41) is 1.81. The Kier molecular flexibility index (Phi) is 4.34. The maximum atomic E-state index is 12.1. The summed E-state index contributed by atoms with van der Waals surface area (Å²) >= 11 is 0. The van der Waals surface area contributed by atoms with Gasteiger partial charge in [0, 0.05) is 5.39 Å². The molecule has 0 saturated heterocycles. The largest absolute Gasteiger partial charge is 0.491 e. The topological polar surface area (TPSA) is 18.5 Å². The van der Waals surface area contributed by atoms with E-state index in [1.807, 2.05) is 24.3 Å². The highest BCUT2D eigenvalue weighted by molar-refractivity contribution is 5.89. The SMILES string of the molecule is FCCOc1ccc2c(OCCF)cccc2c1. The van der Waals surface area contributed by atoms with Crippen LogP contribution in [0.15, 0.2) is 36.4 Å². The van der Waals surface area contributed by atoms with Crippen LogP contribution in [-0.4, -0.2) is 26.6 Å². The second-order valence-corrected chi connectivity index (χ2v) is 3.71. The van der Waals surface area contributed by atoms with Gasteiger partial charge in [-0.3, -0.25) is 0 Å². The predicted molar refractivity (Wildman–Crippen MR) is 66.9 cm³/mol. The van der Waals surface area contributed by atoms with Gasteiger partial charge < -0.3 is 9.47 Å². The summed E-state index contributed by atoms with van der Waals surface area (Å²) in [6.07, 6.45) is 0. The van der Waals surface area contributed by atoms with Gasteiger partial charge in [-0.1, -0.05) is 12.1 Å². The lowest BCUT2D eigenvalue weighted by atomic mass is 10.1. The van der Waals surface area contributed by atoms with Crippen molar-refractivity contribution in [1.82, 2.24) is 0 Å². The maximum absolute atomic E-state index is 12.1. The summed E-state index contributed by atoms with van der Waals surface area (Å²) in [7, 11) is 0. The minimum Gasteiger partial charge on any atom is -0.491 e. The molecular weight excluding hydrogens is 238 g/mol. The number of hydrogen-bond acceptors (Lipinski definition) is 2. The molecule has 0 radical (unpaired) electrons. The van der Waals surface area contributed by atoms with Crippen molar-refractivity contribution < 1.29 is 18.3 Å². The van der Waals surface area contributed by atoms with Gasteiger partial charge >= 0.3 is 0 Å². The van der Waals surface area contributed by atoms with E-state index >= 15 is 0 Å². The number of benzene rings is 2. The fourth-order valence-electron chi connectivity index (χ4n) is 1.75. The molecule has 0 spiro atoms. The molecule has 0 fully saturated rings. The van der Waals surface area contributed by atoms with E-state index in [4.69, 9.17) is 9.47 Å². The van der Waals surface area contributed by atoms with Gasteiger partial charge in [0.05, 0.1) is 0 Å². The van der Waals surface area contributed by atoms with Crippen LogP contribution >= 0.6 is 0 Å². The summed E-state index contributed by atoms with van der Waals surface area (Å²) in [6.45, 7) is -0.950. The smallest absolute Gasteiger partial charge is 0.127 e. The van der Waals surface area contributed by atoms with Gasteiger partial charge in [0.15, 0.2) is 0 Å². The average Bonchev–Trinajstić information content (AvgIpc) is 2.42. The first kappa shape index (κ1) is 12.6. The molecule has 2 nitrogen and oxygen atoms in total. The van der Waals surface area contributed by atoms with Gasteiger partial charge in [0.25, 0.3) is 0 Å². The van der Waals surface area contributed by atoms with E-state index in [0.29, 0.717) is 11.5 Å². The third-order valence-corrected chi connectivity index (χ3v) is 2.49.